The number of rotatable bonds is 5. The smallest absolute Gasteiger partial charge is 0.256 e. The van der Waals surface area contributed by atoms with E-state index in [2.05, 4.69) is 18.9 Å². The molecule has 1 aromatic heterocycles. The van der Waals surface area contributed by atoms with Gasteiger partial charge in [0.15, 0.2) is 0 Å². The maximum Gasteiger partial charge on any atom is 0.256 e. The Morgan fingerprint density at radius 3 is 2.67 bits per heavy atom. The van der Waals surface area contributed by atoms with Crippen LogP contribution in [0.5, 0.6) is 0 Å². The molecule has 1 saturated heterocycles. The molecule has 1 aliphatic heterocycles. The molecule has 5 nitrogen and oxygen atoms in total. The summed E-state index contributed by atoms with van der Waals surface area (Å²) in [5.41, 5.74) is 1.52. The SMILES string of the molecule is CC(C)COC1CCN(C(=O)c2ccccc2-n2cccn2)CC1. The molecule has 0 bridgehead atoms. The first-order valence-electron chi connectivity index (χ1n) is 8.65. The number of carbonyl (C=O) groups excluding carboxylic acids is 1. The van der Waals surface area contributed by atoms with Crippen molar-refractivity contribution in [2.45, 2.75) is 32.8 Å². The van der Waals surface area contributed by atoms with Gasteiger partial charge >= 0.3 is 0 Å². The second-order valence-electron chi connectivity index (χ2n) is 6.69. The van der Waals surface area contributed by atoms with Crippen molar-refractivity contribution in [3.8, 4) is 5.69 Å². The van der Waals surface area contributed by atoms with Crippen LogP contribution in [0.25, 0.3) is 5.69 Å². The van der Waals surface area contributed by atoms with Crippen molar-refractivity contribution in [2.24, 2.45) is 5.92 Å². The molecule has 0 spiro atoms. The molecule has 0 aliphatic carbocycles. The molecule has 0 saturated carbocycles. The van der Waals surface area contributed by atoms with E-state index in [9.17, 15) is 4.79 Å². The summed E-state index contributed by atoms with van der Waals surface area (Å²) in [4.78, 5) is 14.9. The Morgan fingerprint density at radius 1 is 1.25 bits per heavy atom. The molecule has 1 fully saturated rings. The molecule has 5 heteroatoms. The molecule has 0 unspecified atom stereocenters. The normalized spacial score (nSPS) is 15.9. The molecule has 1 aliphatic rings. The molecule has 3 rings (SSSR count). The zero-order chi connectivity index (χ0) is 16.9. The van der Waals surface area contributed by atoms with E-state index in [1.165, 1.54) is 0 Å². The van der Waals surface area contributed by atoms with Gasteiger partial charge in [-0.15, -0.1) is 0 Å². The lowest BCUT2D eigenvalue weighted by molar-refractivity contribution is -0.00231. The summed E-state index contributed by atoms with van der Waals surface area (Å²) < 4.78 is 7.65. The quantitative estimate of drug-likeness (QED) is 0.847. The Kier molecular flexibility index (Phi) is 5.30. The molecule has 0 N–H and O–H groups in total. The number of piperidine rings is 1. The number of nitrogens with zero attached hydrogens (tertiary/aromatic N) is 3. The van der Waals surface area contributed by atoms with E-state index in [-0.39, 0.29) is 12.0 Å². The summed E-state index contributed by atoms with van der Waals surface area (Å²) in [6, 6.07) is 9.50. The number of likely N-dealkylation sites (tertiary alicyclic amines) is 1. The summed E-state index contributed by atoms with van der Waals surface area (Å²) in [5.74, 6) is 0.619. The second kappa shape index (κ2) is 7.62. The standard InChI is InChI=1S/C19H25N3O2/c1-15(2)14-24-16-8-12-21(13-9-16)19(23)17-6-3-4-7-18(17)22-11-5-10-20-22/h3-7,10-11,15-16H,8-9,12-14H2,1-2H3. The van der Waals surface area contributed by atoms with Gasteiger partial charge in [-0.3, -0.25) is 4.79 Å². The van der Waals surface area contributed by atoms with Gasteiger partial charge in [-0.1, -0.05) is 26.0 Å². The highest BCUT2D eigenvalue weighted by atomic mass is 16.5. The molecule has 0 radical (unpaired) electrons. The second-order valence-corrected chi connectivity index (χ2v) is 6.69. The fourth-order valence-corrected chi connectivity index (χ4v) is 2.99. The number of para-hydroxylation sites is 1. The summed E-state index contributed by atoms with van der Waals surface area (Å²) in [6.45, 7) is 6.60. The van der Waals surface area contributed by atoms with Gasteiger partial charge < -0.3 is 9.64 Å². The van der Waals surface area contributed by atoms with Gasteiger partial charge in [0, 0.05) is 32.1 Å². The van der Waals surface area contributed by atoms with Gasteiger partial charge in [-0.05, 0) is 37.0 Å². The van der Waals surface area contributed by atoms with Crippen molar-refractivity contribution in [3.05, 3.63) is 48.3 Å². The summed E-state index contributed by atoms with van der Waals surface area (Å²) in [7, 11) is 0. The van der Waals surface area contributed by atoms with Crippen LogP contribution in [0.4, 0.5) is 0 Å². The van der Waals surface area contributed by atoms with Crippen LogP contribution in [0.3, 0.4) is 0 Å². The van der Waals surface area contributed by atoms with Crippen LogP contribution in [0.1, 0.15) is 37.0 Å². The minimum atomic E-state index is 0.0726. The third-order valence-corrected chi connectivity index (χ3v) is 4.28. The fourth-order valence-electron chi connectivity index (χ4n) is 2.99. The van der Waals surface area contributed by atoms with E-state index < -0.39 is 0 Å². The first-order chi connectivity index (χ1) is 11.6. The monoisotopic (exact) mass is 327 g/mol. The predicted octanol–water partition coefficient (Wildman–Crippen LogP) is 3.15. The average Bonchev–Trinajstić information content (AvgIpc) is 3.14. The highest BCUT2D eigenvalue weighted by Crippen LogP contribution is 2.20. The van der Waals surface area contributed by atoms with Crippen molar-refractivity contribution in [3.63, 3.8) is 0 Å². The molecular weight excluding hydrogens is 302 g/mol. The molecule has 1 amide bonds. The van der Waals surface area contributed by atoms with Gasteiger partial charge in [-0.2, -0.15) is 5.10 Å². The van der Waals surface area contributed by atoms with E-state index >= 15 is 0 Å². The molecular formula is C19H25N3O2. The van der Waals surface area contributed by atoms with Crippen molar-refractivity contribution in [2.75, 3.05) is 19.7 Å². The molecule has 2 aromatic rings. The zero-order valence-electron chi connectivity index (χ0n) is 14.4. The lowest BCUT2D eigenvalue weighted by Gasteiger charge is -2.32. The van der Waals surface area contributed by atoms with Crippen LogP contribution in [0.15, 0.2) is 42.7 Å². The van der Waals surface area contributed by atoms with E-state index in [1.807, 2.05) is 41.4 Å². The van der Waals surface area contributed by atoms with Gasteiger partial charge in [0.1, 0.15) is 0 Å². The Morgan fingerprint density at radius 2 is 2.00 bits per heavy atom. The lowest BCUT2D eigenvalue weighted by Crippen LogP contribution is -2.41. The molecule has 24 heavy (non-hydrogen) atoms. The Bertz CT molecular complexity index is 659. The first kappa shape index (κ1) is 16.7. The van der Waals surface area contributed by atoms with Gasteiger partial charge in [-0.25, -0.2) is 4.68 Å². The molecule has 1 aromatic carbocycles. The first-order valence-corrected chi connectivity index (χ1v) is 8.65. The summed E-state index contributed by atoms with van der Waals surface area (Å²) >= 11 is 0. The van der Waals surface area contributed by atoms with Crippen LogP contribution < -0.4 is 0 Å². The number of hydrogen-bond acceptors (Lipinski definition) is 3. The fraction of sp³-hybridized carbons (Fsp3) is 0.474. The Balaban J connectivity index is 1.66. The number of aromatic nitrogens is 2. The minimum Gasteiger partial charge on any atom is -0.378 e. The van der Waals surface area contributed by atoms with Gasteiger partial charge in [0.05, 0.1) is 17.4 Å². The van der Waals surface area contributed by atoms with Crippen molar-refractivity contribution in [1.82, 2.24) is 14.7 Å². The van der Waals surface area contributed by atoms with Crippen LogP contribution >= 0.6 is 0 Å². The predicted molar refractivity (Wildman–Crippen MR) is 93.3 cm³/mol. The number of benzene rings is 1. The Labute approximate surface area is 143 Å². The molecule has 0 atom stereocenters. The number of amides is 1. The maximum absolute atomic E-state index is 12.9. The van der Waals surface area contributed by atoms with E-state index in [4.69, 9.17) is 4.74 Å². The van der Waals surface area contributed by atoms with E-state index in [1.54, 1.807) is 10.9 Å². The highest BCUT2D eigenvalue weighted by molar-refractivity contribution is 5.97. The maximum atomic E-state index is 12.9. The summed E-state index contributed by atoms with van der Waals surface area (Å²) in [5, 5.41) is 4.25. The molecule has 128 valence electrons. The zero-order valence-corrected chi connectivity index (χ0v) is 14.4. The van der Waals surface area contributed by atoms with E-state index in [0.29, 0.717) is 11.5 Å². The summed E-state index contributed by atoms with van der Waals surface area (Å²) in [6.07, 6.45) is 5.67. The van der Waals surface area contributed by atoms with Crippen molar-refractivity contribution >= 4 is 5.91 Å². The van der Waals surface area contributed by atoms with Gasteiger partial charge in [0.2, 0.25) is 0 Å². The van der Waals surface area contributed by atoms with Crippen LogP contribution in [0.2, 0.25) is 0 Å². The van der Waals surface area contributed by atoms with Crippen molar-refractivity contribution in [1.29, 1.82) is 0 Å². The highest BCUT2D eigenvalue weighted by Gasteiger charge is 2.25. The third kappa shape index (κ3) is 3.85. The number of ether oxygens (including phenoxy) is 1. The third-order valence-electron chi connectivity index (χ3n) is 4.28. The van der Waals surface area contributed by atoms with Crippen LogP contribution in [-0.4, -0.2) is 46.4 Å². The number of carbonyl (C=O) groups is 1. The van der Waals surface area contributed by atoms with Crippen molar-refractivity contribution < 1.29 is 9.53 Å². The lowest BCUT2D eigenvalue weighted by atomic mass is 10.1. The largest absolute Gasteiger partial charge is 0.378 e. The van der Waals surface area contributed by atoms with Crippen LogP contribution in [-0.2, 0) is 4.74 Å². The van der Waals surface area contributed by atoms with Gasteiger partial charge in [0.25, 0.3) is 5.91 Å². The Hall–Kier alpha value is -2.14. The average molecular weight is 327 g/mol. The minimum absolute atomic E-state index is 0.0726. The topological polar surface area (TPSA) is 47.4 Å². The van der Waals surface area contributed by atoms with Crippen LogP contribution in [0, 0.1) is 5.92 Å². The molecule has 2 heterocycles. The van der Waals surface area contributed by atoms with E-state index in [0.717, 1.165) is 38.2 Å². The number of hydrogen-bond donors (Lipinski definition) is 0.